The third-order valence-corrected chi connectivity index (χ3v) is 8.03. The average Bonchev–Trinajstić information content (AvgIpc) is 3.25. The Hall–Kier alpha value is -2.88. The molecule has 3 aromatic rings. The maximum absolute atomic E-state index is 13.4. The van der Waals surface area contributed by atoms with E-state index in [9.17, 15) is 13.2 Å². The number of hydrogen-bond acceptors (Lipinski definition) is 6. The number of nitrogens with one attached hydrogen (secondary N) is 1. The van der Waals surface area contributed by atoms with Crippen LogP contribution in [-0.4, -0.2) is 44.1 Å². The van der Waals surface area contributed by atoms with E-state index in [2.05, 4.69) is 20.4 Å². The molecule has 0 unspecified atom stereocenters. The van der Waals surface area contributed by atoms with Crippen LogP contribution in [0.3, 0.4) is 0 Å². The highest BCUT2D eigenvalue weighted by Crippen LogP contribution is 2.41. The minimum atomic E-state index is -4.37. The van der Waals surface area contributed by atoms with Crippen LogP contribution in [-0.2, 0) is 12.7 Å². The van der Waals surface area contributed by atoms with Crippen LogP contribution >= 0.6 is 11.6 Å². The summed E-state index contributed by atoms with van der Waals surface area (Å²) in [5.41, 5.74) is 1.01. The van der Waals surface area contributed by atoms with Crippen LogP contribution in [0.5, 0.6) is 0 Å². The molecule has 1 aromatic carbocycles. The Bertz CT molecular complexity index is 1230. The Kier molecular flexibility index (Phi) is 6.02. The standard InChI is InChI=1S/C25H27ClF3N7/c26-21-11-19(12-30-33-21)35-13-16-7-8-17(14-35)22(16)31-24-32-23-20(6-1-2-9-36(23)34-24)15-4-3-5-18(10-15)25(27,28)29/h3-5,10-12,16-17,20,22H,1-2,6-9,13-14H2,(H,31,34)/t16-,17+,20-,22-/m1/s1. The fourth-order valence-electron chi connectivity index (χ4n) is 6.15. The molecule has 2 fully saturated rings. The predicted molar refractivity (Wildman–Crippen MR) is 130 cm³/mol. The van der Waals surface area contributed by atoms with Crippen LogP contribution in [0.15, 0.2) is 36.5 Å². The molecule has 1 aliphatic carbocycles. The largest absolute Gasteiger partial charge is 0.416 e. The van der Waals surface area contributed by atoms with Gasteiger partial charge in [-0.15, -0.1) is 10.2 Å². The molecule has 0 radical (unpaired) electrons. The molecule has 4 heterocycles. The number of fused-ring (bicyclic) bond motifs is 3. The van der Waals surface area contributed by atoms with Gasteiger partial charge in [-0.2, -0.15) is 23.3 Å². The van der Waals surface area contributed by atoms with Crippen molar-refractivity contribution >= 4 is 23.2 Å². The van der Waals surface area contributed by atoms with Crippen molar-refractivity contribution in [2.24, 2.45) is 11.8 Å². The number of alkyl halides is 3. The van der Waals surface area contributed by atoms with E-state index in [1.54, 1.807) is 12.3 Å². The summed E-state index contributed by atoms with van der Waals surface area (Å²) >= 11 is 6.05. The maximum atomic E-state index is 13.4. The van der Waals surface area contributed by atoms with Crippen molar-refractivity contribution in [1.29, 1.82) is 0 Å². The molecule has 0 spiro atoms. The number of piperidine rings is 1. The Morgan fingerprint density at radius 3 is 2.58 bits per heavy atom. The third-order valence-electron chi connectivity index (χ3n) is 7.85. The molecular weight excluding hydrogens is 491 g/mol. The second-order valence-electron chi connectivity index (χ2n) is 10.1. The van der Waals surface area contributed by atoms with Gasteiger partial charge in [-0.05, 0) is 49.1 Å². The van der Waals surface area contributed by atoms with Gasteiger partial charge in [-0.3, -0.25) is 0 Å². The molecule has 0 amide bonds. The SMILES string of the molecule is FC(F)(F)c1cccc([C@H]2CCCCn3nc(N[C@@H]4[C@@H]5CC[C@H]4CN(c4cnnc(Cl)c4)C5)nc32)c1. The van der Waals surface area contributed by atoms with Crippen molar-refractivity contribution in [1.82, 2.24) is 25.0 Å². The number of hydrogen-bond donors (Lipinski definition) is 1. The topological polar surface area (TPSA) is 71.8 Å². The predicted octanol–water partition coefficient (Wildman–Crippen LogP) is 5.38. The van der Waals surface area contributed by atoms with Gasteiger partial charge < -0.3 is 10.2 Å². The van der Waals surface area contributed by atoms with Gasteiger partial charge in [0.05, 0.1) is 17.4 Å². The Morgan fingerprint density at radius 1 is 1.03 bits per heavy atom. The number of halogens is 4. The molecule has 2 bridgehead atoms. The first-order valence-electron chi connectivity index (χ1n) is 12.5. The normalized spacial score (nSPS) is 25.9. The Labute approximate surface area is 212 Å². The summed E-state index contributed by atoms with van der Waals surface area (Å²) in [7, 11) is 0. The van der Waals surface area contributed by atoms with Crippen molar-refractivity contribution < 1.29 is 13.2 Å². The number of rotatable bonds is 4. The van der Waals surface area contributed by atoms with E-state index < -0.39 is 11.7 Å². The van der Waals surface area contributed by atoms with Crippen LogP contribution in [0.25, 0.3) is 0 Å². The van der Waals surface area contributed by atoms with Crippen LogP contribution in [0.1, 0.15) is 55.0 Å². The van der Waals surface area contributed by atoms with Crippen molar-refractivity contribution in [2.75, 3.05) is 23.3 Å². The lowest BCUT2D eigenvalue weighted by molar-refractivity contribution is -0.137. The quantitative estimate of drug-likeness (QED) is 0.501. The average molecular weight is 518 g/mol. The Balaban J connectivity index is 1.22. The number of anilines is 2. The van der Waals surface area contributed by atoms with E-state index in [-0.39, 0.29) is 12.0 Å². The fraction of sp³-hybridized carbons (Fsp3) is 0.520. The van der Waals surface area contributed by atoms with Gasteiger partial charge in [0.2, 0.25) is 5.95 Å². The molecule has 3 aliphatic rings. The van der Waals surface area contributed by atoms with E-state index in [0.717, 1.165) is 69.3 Å². The molecule has 190 valence electrons. The summed E-state index contributed by atoms with van der Waals surface area (Å²) in [4.78, 5) is 7.17. The number of aryl methyl sites for hydroxylation is 1. The lowest BCUT2D eigenvalue weighted by Gasteiger charge is -2.39. The summed E-state index contributed by atoms with van der Waals surface area (Å²) in [6.45, 7) is 2.49. The molecule has 11 heteroatoms. The lowest BCUT2D eigenvalue weighted by Crippen LogP contribution is -2.48. The minimum Gasteiger partial charge on any atom is -0.369 e. The van der Waals surface area contributed by atoms with Gasteiger partial charge in [0.25, 0.3) is 0 Å². The van der Waals surface area contributed by atoms with Crippen molar-refractivity contribution in [3.8, 4) is 0 Å². The van der Waals surface area contributed by atoms with Gasteiger partial charge >= 0.3 is 6.18 Å². The monoisotopic (exact) mass is 517 g/mol. The van der Waals surface area contributed by atoms with Gasteiger partial charge in [0.1, 0.15) is 5.82 Å². The van der Waals surface area contributed by atoms with Gasteiger partial charge in [0.15, 0.2) is 5.15 Å². The zero-order valence-corrected chi connectivity index (χ0v) is 20.4. The summed E-state index contributed by atoms with van der Waals surface area (Å²) in [6, 6.07) is 7.75. The summed E-state index contributed by atoms with van der Waals surface area (Å²) in [5, 5.41) is 16.6. The van der Waals surface area contributed by atoms with E-state index in [1.165, 1.54) is 12.1 Å². The third kappa shape index (κ3) is 4.51. The first-order chi connectivity index (χ1) is 17.3. The van der Waals surface area contributed by atoms with Crippen LogP contribution < -0.4 is 10.2 Å². The van der Waals surface area contributed by atoms with E-state index in [0.29, 0.717) is 28.5 Å². The van der Waals surface area contributed by atoms with Crippen LogP contribution in [0, 0.1) is 11.8 Å². The van der Waals surface area contributed by atoms with E-state index >= 15 is 0 Å². The van der Waals surface area contributed by atoms with E-state index in [4.69, 9.17) is 21.7 Å². The van der Waals surface area contributed by atoms with Crippen LogP contribution in [0.2, 0.25) is 5.15 Å². The molecule has 4 atom stereocenters. The molecule has 2 aromatic heterocycles. The molecule has 1 saturated carbocycles. The van der Waals surface area contributed by atoms with E-state index in [1.807, 2.05) is 10.7 Å². The van der Waals surface area contributed by atoms with Gasteiger partial charge in [0, 0.05) is 37.7 Å². The lowest BCUT2D eigenvalue weighted by atomic mass is 9.92. The Morgan fingerprint density at radius 2 is 1.83 bits per heavy atom. The molecular formula is C25H27ClF3N7. The molecule has 1 saturated heterocycles. The zero-order valence-electron chi connectivity index (χ0n) is 19.6. The summed E-state index contributed by atoms with van der Waals surface area (Å²) < 4.78 is 41.9. The second-order valence-corrected chi connectivity index (χ2v) is 10.5. The van der Waals surface area contributed by atoms with Crippen LogP contribution in [0.4, 0.5) is 24.8 Å². The molecule has 7 nitrogen and oxygen atoms in total. The van der Waals surface area contributed by atoms with Gasteiger partial charge in [-0.1, -0.05) is 36.2 Å². The summed E-state index contributed by atoms with van der Waals surface area (Å²) in [6.07, 6.45) is 2.22. The summed E-state index contributed by atoms with van der Waals surface area (Å²) in [5.74, 6) is 1.97. The highest BCUT2D eigenvalue weighted by molar-refractivity contribution is 6.29. The molecule has 6 rings (SSSR count). The number of nitrogens with zero attached hydrogens (tertiary/aromatic N) is 6. The maximum Gasteiger partial charge on any atom is 0.416 e. The number of aromatic nitrogens is 5. The minimum absolute atomic E-state index is 0.208. The first kappa shape index (κ1) is 23.5. The van der Waals surface area contributed by atoms with Crippen molar-refractivity contribution in [2.45, 2.75) is 56.8 Å². The highest BCUT2D eigenvalue weighted by atomic mass is 35.5. The first-order valence-corrected chi connectivity index (χ1v) is 12.8. The van der Waals surface area contributed by atoms with Gasteiger partial charge in [-0.25, -0.2) is 4.68 Å². The molecule has 36 heavy (non-hydrogen) atoms. The zero-order chi connectivity index (χ0) is 24.9. The number of benzene rings is 1. The van der Waals surface area contributed by atoms with Crippen molar-refractivity contribution in [3.63, 3.8) is 0 Å². The second kappa shape index (κ2) is 9.21. The molecule has 2 aliphatic heterocycles. The van der Waals surface area contributed by atoms with Crippen molar-refractivity contribution in [3.05, 3.63) is 58.6 Å². The highest BCUT2D eigenvalue weighted by Gasteiger charge is 2.43. The fourth-order valence-corrected chi connectivity index (χ4v) is 6.30. The smallest absolute Gasteiger partial charge is 0.369 e. The molecule has 1 N–H and O–H groups in total.